The van der Waals surface area contributed by atoms with Crippen molar-refractivity contribution in [3.8, 4) is 11.4 Å². The first-order valence-electron chi connectivity index (χ1n) is 5.00. The van der Waals surface area contributed by atoms with E-state index in [2.05, 4.69) is 10.2 Å². The van der Waals surface area contributed by atoms with E-state index in [4.69, 9.17) is 0 Å². The van der Waals surface area contributed by atoms with E-state index < -0.39 is 0 Å². The summed E-state index contributed by atoms with van der Waals surface area (Å²) in [4.78, 5) is 0. The van der Waals surface area contributed by atoms with Gasteiger partial charge in [-0.25, -0.2) is 4.39 Å². The minimum absolute atomic E-state index is 0.266. The predicted molar refractivity (Wildman–Crippen MR) is 62.9 cm³/mol. The molecule has 1 heterocycles. The molecule has 0 N–H and O–H groups in total. The fraction of sp³-hybridized carbons (Fsp3) is 0.273. The molecule has 0 aliphatic heterocycles. The number of rotatable bonds is 3. The van der Waals surface area contributed by atoms with Crippen LogP contribution in [0.25, 0.3) is 11.4 Å². The Bertz CT molecular complexity index is 496. The van der Waals surface area contributed by atoms with E-state index in [0.717, 1.165) is 11.7 Å². The number of halogens is 1. The fourth-order valence-corrected chi connectivity index (χ4v) is 2.12. The summed E-state index contributed by atoms with van der Waals surface area (Å²) >= 11 is 1.51. The number of benzene rings is 1. The second kappa shape index (κ2) is 4.65. The van der Waals surface area contributed by atoms with Crippen molar-refractivity contribution in [3.63, 3.8) is 0 Å². The lowest BCUT2D eigenvalue weighted by Gasteiger charge is -2.06. The summed E-state index contributed by atoms with van der Waals surface area (Å²) in [5.74, 6) is 0.321. The normalized spacial score (nSPS) is 10.7. The second-order valence-electron chi connectivity index (χ2n) is 3.23. The molecule has 16 heavy (non-hydrogen) atoms. The molecule has 2 rings (SSSR count). The SMILES string of the molecule is CCn1c(SC)nnc1-c1ccccc1F. The van der Waals surface area contributed by atoms with Crippen molar-refractivity contribution < 1.29 is 4.39 Å². The molecule has 5 heteroatoms. The lowest BCUT2D eigenvalue weighted by Crippen LogP contribution is -2.00. The fourth-order valence-electron chi connectivity index (χ4n) is 1.57. The van der Waals surface area contributed by atoms with Crippen molar-refractivity contribution in [3.05, 3.63) is 30.1 Å². The van der Waals surface area contributed by atoms with E-state index in [1.54, 1.807) is 18.2 Å². The van der Waals surface area contributed by atoms with Crippen molar-refractivity contribution in [1.29, 1.82) is 0 Å². The van der Waals surface area contributed by atoms with Gasteiger partial charge in [-0.15, -0.1) is 10.2 Å². The second-order valence-corrected chi connectivity index (χ2v) is 4.01. The number of hydrogen-bond acceptors (Lipinski definition) is 3. The molecule has 0 fully saturated rings. The average Bonchev–Trinajstić information content (AvgIpc) is 2.72. The summed E-state index contributed by atoms with van der Waals surface area (Å²) in [6.07, 6.45) is 1.93. The molecule has 0 saturated carbocycles. The summed E-state index contributed by atoms with van der Waals surface area (Å²) in [5.41, 5.74) is 0.497. The van der Waals surface area contributed by atoms with Crippen LogP contribution in [0.15, 0.2) is 29.4 Å². The van der Waals surface area contributed by atoms with Gasteiger partial charge < -0.3 is 4.57 Å². The highest BCUT2D eigenvalue weighted by Crippen LogP contribution is 2.24. The van der Waals surface area contributed by atoms with E-state index in [-0.39, 0.29) is 5.82 Å². The first kappa shape index (κ1) is 11.1. The Morgan fingerprint density at radius 3 is 2.69 bits per heavy atom. The average molecular weight is 237 g/mol. The van der Waals surface area contributed by atoms with Crippen LogP contribution in [0.2, 0.25) is 0 Å². The summed E-state index contributed by atoms with van der Waals surface area (Å²) in [6, 6.07) is 6.62. The summed E-state index contributed by atoms with van der Waals surface area (Å²) < 4.78 is 15.5. The van der Waals surface area contributed by atoms with Crippen LogP contribution in [-0.2, 0) is 6.54 Å². The quantitative estimate of drug-likeness (QED) is 0.769. The van der Waals surface area contributed by atoms with Crippen molar-refractivity contribution in [1.82, 2.24) is 14.8 Å². The van der Waals surface area contributed by atoms with Gasteiger partial charge in [0.25, 0.3) is 0 Å². The molecule has 2 aromatic rings. The molecular weight excluding hydrogens is 225 g/mol. The maximum Gasteiger partial charge on any atom is 0.191 e. The summed E-state index contributed by atoms with van der Waals surface area (Å²) in [7, 11) is 0. The molecule has 0 spiro atoms. The Hall–Kier alpha value is -1.36. The highest BCUT2D eigenvalue weighted by atomic mass is 32.2. The van der Waals surface area contributed by atoms with Gasteiger partial charge in [0.05, 0.1) is 5.56 Å². The molecule has 0 atom stereocenters. The number of aromatic nitrogens is 3. The third kappa shape index (κ3) is 1.82. The van der Waals surface area contributed by atoms with Crippen LogP contribution < -0.4 is 0 Å². The van der Waals surface area contributed by atoms with E-state index >= 15 is 0 Å². The van der Waals surface area contributed by atoms with Gasteiger partial charge in [-0.3, -0.25) is 0 Å². The molecule has 0 radical (unpaired) electrons. The maximum atomic E-state index is 13.6. The first-order valence-corrected chi connectivity index (χ1v) is 6.22. The monoisotopic (exact) mass is 237 g/mol. The van der Waals surface area contributed by atoms with Crippen LogP contribution in [0.5, 0.6) is 0 Å². The van der Waals surface area contributed by atoms with Gasteiger partial charge in [0.15, 0.2) is 11.0 Å². The topological polar surface area (TPSA) is 30.7 Å². The molecule has 0 saturated heterocycles. The van der Waals surface area contributed by atoms with Crippen LogP contribution in [0.3, 0.4) is 0 Å². The van der Waals surface area contributed by atoms with Crippen molar-refractivity contribution in [2.24, 2.45) is 0 Å². The molecule has 84 valence electrons. The van der Waals surface area contributed by atoms with Crippen molar-refractivity contribution in [2.75, 3.05) is 6.26 Å². The predicted octanol–water partition coefficient (Wildman–Crippen LogP) is 2.83. The third-order valence-corrected chi connectivity index (χ3v) is 3.00. The Labute approximate surface area is 97.7 Å². The minimum atomic E-state index is -0.266. The Morgan fingerprint density at radius 2 is 2.06 bits per heavy atom. The standard InChI is InChI=1S/C11H12FN3S/c1-3-15-10(13-14-11(15)16-2)8-6-4-5-7-9(8)12/h4-7H,3H2,1-2H3. The first-order chi connectivity index (χ1) is 7.77. The van der Waals surface area contributed by atoms with Gasteiger partial charge in [-0.1, -0.05) is 23.9 Å². The molecule has 1 aromatic heterocycles. The molecule has 0 amide bonds. The highest BCUT2D eigenvalue weighted by Gasteiger charge is 2.14. The molecule has 0 unspecified atom stereocenters. The van der Waals surface area contributed by atoms with E-state index in [1.807, 2.05) is 17.7 Å². The highest BCUT2D eigenvalue weighted by molar-refractivity contribution is 7.98. The van der Waals surface area contributed by atoms with Crippen molar-refractivity contribution in [2.45, 2.75) is 18.6 Å². The molecule has 3 nitrogen and oxygen atoms in total. The smallest absolute Gasteiger partial charge is 0.191 e. The zero-order valence-corrected chi connectivity index (χ0v) is 9.96. The molecule has 0 bridgehead atoms. The maximum absolute atomic E-state index is 13.6. The lowest BCUT2D eigenvalue weighted by molar-refractivity contribution is 0.624. The van der Waals surface area contributed by atoms with Crippen LogP contribution in [0, 0.1) is 5.82 Å². The number of hydrogen-bond donors (Lipinski definition) is 0. The Morgan fingerprint density at radius 1 is 1.31 bits per heavy atom. The van der Waals surface area contributed by atoms with Gasteiger partial charge >= 0.3 is 0 Å². The zero-order chi connectivity index (χ0) is 11.5. The largest absolute Gasteiger partial charge is 0.302 e. The number of nitrogens with zero attached hydrogens (tertiary/aromatic N) is 3. The van der Waals surface area contributed by atoms with Crippen LogP contribution in [0.1, 0.15) is 6.92 Å². The minimum Gasteiger partial charge on any atom is -0.302 e. The van der Waals surface area contributed by atoms with Gasteiger partial charge in [-0.05, 0) is 25.3 Å². The van der Waals surface area contributed by atoms with E-state index in [0.29, 0.717) is 11.4 Å². The van der Waals surface area contributed by atoms with Gasteiger partial charge in [0, 0.05) is 6.54 Å². The molecular formula is C11H12FN3S. The van der Waals surface area contributed by atoms with Crippen LogP contribution >= 0.6 is 11.8 Å². The van der Waals surface area contributed by atoms with Crippen LogP contribution in [-0.4, -0.2) is 21.0 Å². The number of thioether (sulfide) groups is 1. The molecule has 0 aliphatic carbocycles. The lowest BCUT2D eigenvalue weighted by atomic mass is 10.2. The van der Waals surface area contributed by atoms with Gasteiger partial charge in [0.1, 0.15) is 5.82 Å². The Kier molecular flexibility index (Phi) is 3.24. The summed E-state index contributed by atoms with van der Waals surface area (Å²) in [5, 5.41) is 8.88. The van der Waals surface area contributed by atoms with Gasteiger partial charge in [-0.2, -0.15) is 0 Å². The van der Waals surface area contributed by atoms with E-state index in [9.17, 15) is 4.39 Å². The van der Waals surface area contributed by atoms with E-state index in [1.165, 1.54) is 17.8 Å². The third-order valence-electron chi connectivity index (χ3n) is 2.33. The summed E-state index contributed by atoms with van der Waals surface area (Å²) in [6.45, 7) is 2.72. The molecule has 0 aliphatic rings. The molecule has 1 aromatic carbocycles. The Balaban J connectivity index is 2.56. The van der Waals surface area contributed by atoms with Gasteiger partial charge in [0.2, 0.25) is 0 Å². The van der Waals surface area contributed by atoms with Crippen LogP contribution in [0.4, 0.5) is 4.39 Å². The zero-order valence-electron chi connectivity index (χ0n) is 9.14. The van der Waals surface area contributed by atoms with Crippen molar-refractivity contribution >= 4 is 11.8 Å².